The number of anilines is 2. The molecule has 3 aromatic carbocycles. The fourth-order valence-electron chi connectivity index (χ4n) is 4.41. The summed E-state index contributed by atoms with van der Waals surface area (Å²) >= 11 is 0. The second-order valence-electron chi connectivity index (χ2n) is 8.11. The summed E-state index contributed by atoms with van der Waals surface area (Å²) in [6, 6.07) is 23.3. The number of fused-ring (bicyclic) bond motifs is 1. The zero-order valence-electron chi connectivity index (χ0n) is 17.3. The minimum atomic E-state index is -0.871. The van der Waals surface area contributed by atoms with Crippen LogP contribution in [0.15, 0.2) is 77.2 Å². The van der Waals surface area contributed by atoms with Gasteiger partial charge in [0.2, 0.25) is 0 Å². The highest BCUT2D eigenvalue weighted by molar-refractivity contribution is 6.00. The van der Waals surface area contributed by atoms with Gasteiger partial charge >= 0.3 is 5.97 Å². The van der Waals surface area contributed by atoms with Gasteiger partial charge < -0.3 is 14.8 Å². The summed E-state index contributed by atoms with van der Waals surface area (Å²) in [5, 5.41) is 12.5. The highest BCUT2D eigenvalue weighted by atomic mass is 16.4. The lowest BCUT2D eigenvalue weighted by molar-refractivity contribution is -0.142. The Bertz CT molecular complexity index is 1240. The fraction of sp³-hybridized carbons (Fsp3) is 0.192. The number of hydrogen-bond donors (Lipinski definition) is 2. The number of carbonyl (C=O) groups is 2. The van der Waals surface area contributed by atoms with Crippen molar-refractivity contribution in [1.29, 1.82) is 0 Å². The summed E-state index contributed by atoms with van der Waals surface area (Å²) in [7, 11) is 0. The molecule has 160 valence electrons. The number of oxazole rings is 1. The lowest BCUT2D eigenvalue weighted by Gasteiger charge is -2.14. The quantitative estimate of drug-likeness (QED) is 0.372. The first kappa shape index (κ1) is 20.0. The summed E-state index contributed by atoms with van der Waals surface area (Å²) in [6.45, 7) is 0. The first-order valence-corrected chi connectivity index (χ1v) is 10.7. The maximum atomic E-state index is 12.8. The minimum absolute atomic E-state index is 0.0701. The maximum absolute atomic E-state index is 12.8. The first-order chi connectivity index (χ1) is 15.6. The molecule has 0 amide bonds. The van der Waals surface area contributed by atoms with Crippen LogP contribution in [-0.4, -0.2) is 21.8 Å². The van der Waals surface area contributed by atoms with Gasteiger partial charge in [-0.15, -0.1) is 0 Å². The zero-order valence-corrected chi connectivity index (χ0v) is 17.3. The van der Waals surface area contributed by atoms with Crippen molar-refractivity contribution in [2.24, 2.45) is 11.8 Å². The van der Waals surface area contributed by atoms with Crippen LogP contribution in [0.2, 0.25) is 0 Å². The summed E-state index contributed by atoms with van der Waals surface area (Å²) in [5.74, 6) is -1.93. The number of carboxylic acid groups (broad SMARTS) is 1. The summed E-state index contributed by atoms with van der Waals surface area (Å²) in [5.41, 5.74) is 4.95. The van der Waals surface area contributed by atoms with E-state index in [0.717, 1.165) is 34.3 Å². The molecule has 4 aromatic rings. The number of hydrogen-bond acceptors (Lipinski definition) is 5. The Labute approximate surface area is 184 Å². The third-order valence-corrected chi connectivity index (χ3v) is 6.10. The molecule has 0 saturated heterocycles. The van der Waals surface area contributed by atoms with Crippen LogP contribution in [0.3, 0.4) is 0 Å². The van der Waals surface area contributed by atoms with E-state index in [-0.39, 0.29) is 5.78 Å². The van der Waals surface area contributed by atoms with E-state index in [1.807, 2.05) is 60.7 Å². The van der Waals surface area contributed by atoms with Crippen molar-refractivity contribution < 1.29 is 19.1 Å². The SMILES string of the molecule is O=C(O)C1CCCC1C(=O)c1ccc(-c2ccc(Nc3nc4ccccc4o3)cc2)cc1. The van der Waals surface area contributed by atoms with Crippen LogP contribution in [0, 0.1) is 11.8 Å². The molecule has 2 atom stereocenters. The number of nitrogens with zero attached hydrogens (tertiary/aromatic N) is 1. The van der Waals surface area contributed by atoms with Crippen LogP contribution in [0.4, 0.5) is 11.7 Å². The molecule has 32 heavy (non-hydrogen) atoms. The third-order valence-electron chi connectivity index (χ3n) is 6.10. The maximum Gasteiger partial charge on any atom is 0.307 e. The van der Waals surface area contributed by atoms with Crippen molar-refractivity contribution in [1.82, 2.24) is 4.98 Å². The van der Waals surface area contributed by atoms with Gasteiger partial charge in [-0.3, -0.25) is 9.59 Å². The Hall–Kier alpha value is -3.93. The van der Waals surface area contributed by atoms with E-state index in [4.69, 9.17) is 4.42 Å². The Balaban J connectivity index is 1.29. The Morgan fingerprint density at radius 3 is 2.22 bits per heavy atom. The third kappa shape index (κ3) is 3.87. The van der Waals surface area contributed by atoms with Crippen molar-refractivity contribution in [2.75, 3.05) is 5.32 Å². The molecule has 1 aliphatic carbocycles. The van der Waals surface area contributed by atoms with Gasteiger partial charge in [-0.05, 0) is 48.2 Å². The molecule has 1 heterocycles. The van der Waals surface area contributed by atoms with Crippen LogP contribution >= 0.6 is 0 Å². The van der Waals surface area contributed by atoms with E-state index in [0.29, 0.717) is 24.4 Å². The average Bonchev–Trinajstić information content (AvgIpc) is 3.46. The Morgan fingerprint density at radius 1 is 0.875 bits per heavy atom. The number of carbonyl (C=O) groups excluding carboxylic acids is 1. The fourth-order valence-corrected chi connectivity index (χ4v) is 4.41. The van der Waals surface area contributed by atoms with Gasteiger partial charge in [0.25, 0.3) is 6.01 Å². The lowest BCUT2D eigenvalue weighted by atomic mass is 9.88. The molecule has 1 saturated carbocycles. The highest BCUT2D eigenvalue weighted by Gasteiger charge is 2.37. The number of aliphatic carboxylic acids is 1. The smallest absolute Gasteiger partial charge is 0.307 e. The predicted octanol–water partition coefficient (Wildman–Crippen LogP) is 5.92. The summed E-state index contributed by atoms with van der Waals surface area (Å²) < 4.78 is 5.70. The number of ketones is 1. The van der Waals surface area contributed by atoms with Gasteiger partial charge in [-0.1, -0.05) is 55.0 Å². The van der Waals surface area contributed by atoms with Gasteiger partial charge in [0.05, 0.1) is 5.92 Å². The standard InChI is InChI=1S/C26H22N2O4/c29-24(20-4-3-5-21(20)25(30)31)18-10-8-16(9-11-18)17-12-14-19(15-13-17)27-26-28-22-6-1-2-7-23(22)32-26/h1-2,6-15,20-21H,3-5H2,(H,27,28)(H,30,31). The molecule has 5 rings (SSSR count). The molecule has 0 aliphatic heterocycles. The van der Waals surface area contributed by atoms with E-state index in [1.54, 1.807) is 12.1 Å². The number of nitrogens with one attached hydrogen (secondary N) is 1. The van der Waals surface area contributed by atoms with Crippen molar-refractivity contribution >= 4 is 34.6 Å². The largest absolute Gasteiger partial charge is 0.481 e. The van der Waals surface area contributed by atoms with Gasteiger partial charge in [0.15, 0.2) is 11.4 Å². The molecule has 2 N–H and O–H groups in total. The molecular formula is C26H22N2O4. The van der Waals surface area contributed by atoms with Crippen LogP contribution < -0.4 is 5.32 Å². The van der Waals surface area contributed by atoms with Crippen molar-refractivity contribution in [2.45, 2.75) is 19.3 Å². The molecular weight excluding hydrogens is 404 g/mol. The van der Waals surface area contributed by atoms with Crippen molar-refractivity contribution in [3.8, 4) is 11.1 Å². The van der Waals surface area contributed by atoms with Gasteiger partial charge in [0.1, 0.15) is 5.52 Å². The molecule has 2 unspecified atom stereocenters. The van der Waals surface area contributed by atoms with E-state index in [1.165, 1.54) is 0 Å². The number of rotatable bonds is 6. The number of para-hydroxylation sites is 2. The van der Waals surface area contributed by atoms with Crippen LogP contribution in [-0.2, 0) is 4.79 Å². The number of aromatic nitrogens is 1. The van der Waals surface area contributed by atoms with E-state index in [2.05, 4.69) is 10.3 Å². The Kier molecular flexibility index (Phi) is 5.19. The Morgan fingerprint density at radius 2 is 1.53 bits per heavy atom. The van der Waals surface area contributed by atoms with E-state index < -0.39 is 17.8 Å². The first-order valence-electron chi connectivity index (χ1n) is 10.7. The summed E-state index contributed by atoms with van der Waals surface area (Å²) in [4.78, 5) is 28.6. The molecule has 1 aromatic heterocycles. The van der Waals surface area contributed by atoms with E-state index in [9.17, 15) is 14.7 Å². The van der Waals surface area contributed by atoms with Crippen molar-refractivity contribution in [3.05, 3.63) is 78.4 Å². The number of benzene rings is 3. The summed E-state index contributed by atoms with van der Waals surface area (Å²) in [6.07, 6.45) is 2.01. The predicted molar refractivity (Wildman–Crippen MR) is 122 cm³/mol. The lowest BCUT2D eigenvalue weighted by Crippen LogP contribution is -2.25. The molecule has 0 spiro atoms. The second kappa shape index (κ2) is 8.30. The van der Waals surface area contributed by atoms with Crippen LogP contribution in [0.1, 0.15) is 29.6 Å². The molecule has 1 aliphatic rings. The number of carboxylic acids is 1. The van der Waals surface area contributed by atoms with Gasteiger partial charge in [0, 0.05) is 17.2 Å². The van der Waals surface area contributed by atoms with Gasteiger partial charge in [-0.2, -0.15) is 4.98 Å². The topological polar surface area (TPSA) is 92.4 Å². The molecule has 0 radical (unpaired) electrons. The molecule has 6 nitrogen and oxygen atoms in total. The average molecular weight is 426 g/mol. The molecule has 6 heteroatoms. The molecule has 0 bridgehead atoms. The number of Topliss-reactive ketones (excluding diaryl/α,β-unsaturated/α-hetero) is 1. The van der Waals surface area contributed by atoms with Crippen LogP contribution in [0.25, 0.3) is 22.2 Å². The van der Waals surface area contributed by atoms with Crippen LogP contribution in [0.5, 0.6) is 0 Å². The zero-order chi connectivity index (χ0) is 22.1. The highest BCUT2D eigenvalue weighted by Crippen LogP contribution is 2.35. The van der Waals surface area contributed by atoms with E-state index >= 15 is 0 Å². The second-order valence-corrected chi connectivity index (χ2v) is 8.11. The monoisotopic (exact) mass is 426 g/mol. The normalized spacial score (nSPS) is 18.0. The van der Waals surface area contributed by atoms with Gasteiger partial charge in [-0.25, -0.2) is 0 Å². The molecule has 1 fully saturated rings. The van der Waals surface area contributed by atoms with Crippen molar-refractivity contribution in [3.63, 3.8) is 0 Å². The minimum Gasteiger partial charge on any atom is -0.481 e.